The molecule has 1 amide bonds. The molecule has 3 aromatic rings. The molecule has 0 aliphatic carbocycles. The molecular weight excluding hydrogens is 338 g/mol. The molecule has 0 aliphatic rings. The van der Waals surface area contributed by atoms with Gasteiger partial charge in [0.1, 0.15) is 0 Å². The molecule has 2 heterocycles. The summed E-state index contributed by atoms with van der Waals surface area (Å²) in [6.07, 6.45) is 3.65. The monoisotopic (exact) mass is 357 g/mol. The fraction of sp³-hybridized carbons (Fsp3) is 0.222. The topological polar surface area (TPSA) is 49.8 Å². The summed E-state index contributed by atoms with van der Waals surface area (Å²) < 4.78 is 2.49. The van der Waals surface area contributed by atoms with E-state index in [2.05, 4.69) is 30.2 Å². The largest absolute Gasteiger partial charge is 0.345 e. The summed E-state index contributed by atoms with van der Waals surface area (Å²) in [6.45, 7) is 6.19. The van der Waals surface area contributed by atoms with Gasteiger partial charge in [0.05, 0.1) is 6.04 Å². The van der Waals surface area contributed by atoms with Gasteiger partial charge in [0.15, 0.2) is 4.77 Å². The lowest BCUT2D eigenvalue weighted by Gasteiger charge is -2.14. The van der Waals surface area contributed by atoms with Gasteiger partial charge in [0.25, 0.3) is 5.91 Å². The van der Waals surface area contributed by atoms with Crippen LogP contribution in [0.15, 0.2) is 42.7 Å². The molecule has 1 atom stereocenters. The smallest absolute Gasteiger partial charge is 0.251 e. The molecule has 6 heteroatoms. The van der Waals surface area contributed by atoms with E-state index in [9.17, 15) is 4.79 Å². The Kier molecular flexibility index (Phi) is 4.69. The highest BCUT2D eigenvalue weighted by Gasteiger charge is 2.15. The molecule has 0 saturated carbocycles. The van der Waals surface area contributed by atoms with Crippen LogP contribution in [0, 0.1) is 18.6 Å². The van der Waals surface area contributed by atoms with Crippen LogP contribution in [0.5, 0.6) is 0 Å². The van der Waals surface area contributed by atoms with Gasteiger partial charge in [0.2, 0.25) is 0 Å². The highest BCUT2D eigenvalue weighted by Crippen LogP contribution is 2.26. The average molecular weight is 358 g/mol. The maximum Gasteiger partial charge on any atom is 0.251 e. The zero-order valence-electron chi connectivity index (χ0n) is 13.8. The van der Waals surface area contributed by atoms with Crippen LogP contribution < -0.4 is 5.32 Å². The van der Waals surface area contributed by atoms with Crippen molar-refractivity contribution < 1.29 is 4.79 Å². The molecule has 0 aliphatic heterocycles. The molecule has 1 aromatic carbocycles. The van der Waals surface area contributed by atoms with E-state index in [-0.39, 0.29) is 11.9 Å². The Morgan fingerprint density at radius 3 is 2.54 bits per heavy atom. The molecule has 124 valence electrons. The number of carbonyl (C=O) groups excluding carboxylic acids is 1. The summed E-state index contributed by atoms with van der Waals surface area (Å²) in [4.78, 5) is 17.9. The number of H-pyrrole nitrogens is 1. The van der Waals surface area contributed by atoms with E-state index < -0.39 is 0 Å². The van der Waals surface area contributed by atoms with Crippen molar-refractivity contribution in [2.24, 2.45) is 0 Å². The second-order valence-electron chi connectivity index (χ2n) is 5.75. The number of aryl methyl sites for hydroxylation is 2. The Hall–Kier alpha value is -2.18. The minimum atomic E-state index is -0.0741. The molecule has 0 spiro atoms. The summed E-state index contributed by atoms with van der Waals surface area (Å²) in [6, 6.07) is 9.55. The molecule has 3 rings (SSSR count). The number of imidazole rings is 1. The average Bonchev–Trinajstić information content (AvgIpc) is 3.12. The van der Waals surface area contributed by atoms with Gasteiger partial charge >= 0.3 is 0 Å². The number of hydrogen-bond donors (Lipinski definition) is 2. The highest BCUT2D eigenvalue weighted by molar-refractivity contribution is 7.71. The highest BCUT2D eigenvalue weighted by atomic mass is 32.1. The van der Waals surface area contributed by atoms with E-state index in [1.165, 1.54) is 15.3 Å². The third-order valence-electron chi connectivity index (χ3n) is 3.95. The van der Waals surface area contributed by atoms with Crippen molar-refractivity contribution in [2.45, 2.75) is 26.8 Å². The van der Waals surface area contributed by atoms with Crippen LogP contribution in [-0.4, -0.2) is 15.5 Å². The van der Waals surface area contributed by atoms with Crippen molar-refractivity contribution in [1.29, 1.82) is 0 Å². The second-order valence-corrected chi connectivity index (χ2v) is 7.59. The number of thiophene rings is 1. The first-order chi connectivity index (χ1) is 11.5. The minimum absolute atomic E-state index is 0.0135. The summed E-state index contributed by atoms with van der Waals surface area (Å²) in [5.41, 5.74) is 2.74. The van der Waals surface area contributed by atoms with Crippen molar-refractivity contribution in [2.75, 3.05) is 0 Å². The fourth-order valence-electron chi connectivity index (χ4n) is 2.74. The zero-order valence-corrected chi connectivity index (χ0v) is 15.4. The zero-order chi connectivity index (χ0) is 17.3. The van der Waals surface area contributed by atoms with Crippen LogP contribution in [0.25, 0.3) is 5.69 Å². The van der Waals surface area contributed by atoms with Gasteiger partial charge in [-0.05, 0) is 68.9 Å². The van der Waals surface area contributed by atoms with E-state index in [0.717, 1.165) is 5.69 Å². The molecular formula is C18H19N3OS2. The number of nitrogens with one attached hydrogen (secondary N) is 2. The molecule has 0 bridgehead atoms. The Labute approximate surface area is 150 Å². The summed E-state index contributed by atoms with van der Waals surface area (Å²) in [5.74, 6) is -0.0741. The van der Waals surface area contributed by atoms with Crippen molar-refractivity contribution in [1.82, 2.24) is 14.9 Å². The molecule has 2 aromatic heterocycles. The third-order valence-corrected chi connectivity index (χ3v) is 5.25. The van der Waals surface area contributed by atoms with E-state index in [1.54, 1.807) is 17.5 Å². The molecule has 1 unspecified atom stereocenters. The minimum Gasteiger partial charge on any atom is -0.345 e. The third kappa shape index (κ3) is 3.34. The first-order valence-electron chi connectivity index (χ1n) is 7.70. The molecule has 4 nitrogen and oxygen atoms in total. The number of aromatic amines is 1. The molecule has 0 fully saturated rings. The number of amides is 1. The van der Waals surface area contributed by atoms with Gasteiger partial charge in [-0.1, -0.05) is 0 Å². The summed E-state index contributed by atoms with van der Waals surface area (Å²) in [5, 5.41) is 3.07. The van der Waals surface area contributed by atoms with Crippen molar-refractivity contribution in [3.63, 3.8) is 0 Å². The van der Waals surface area contributed by atoms with Crippen molar-refractivity contribution in [3.8, 4) is 5.69 Å². The first-order valence-corrected chi connectivity index (χ1v) is 8.92. The van der Waals surface area contributed by atoms with Crippen LogP contribution in [-0.2, 0) is 0 Å². The lowest BCUT2D eigenvalue weighted by Crippen LogP contribution is -2.26. The van der Waals surface area contributed by atoms with Crippen LogP contribution in [0.4, 0.5) is 0 Å². The maximum atomic E-state index is 12.5. The van der Waals surface area contributed by atoms with Gasteiger partial charge in [-0.15, -0.1) is 11.3 Å². The predicted molar refractivity (Wildman–Crippen MR) is 101 cm³/mol. The number of carbonyl (C=O) groups is 1. The van der Waals surface area contributed by atoms with Gasteiger partial charge in [-0.3, -0.25) is 9.36 Å². The van der Waals surface area contributed by atoms with E-state index in [4.69, 9.17) is 12.2 Å². The number of aromatic nitrogens is 2. The van der Waals surface area contributed by atoms with Crippen LogP contribution >= 0.6 is 23.6 Å². The van der Waals surface area contributed by atoms with Crippen LogP contribution in [0.1, 0.15) is 38.6 Å². The summed E-state index contributed by atoms with van der Waals surface area (Å²) in [7, 11) is 0. The standard InChI is InChI=1S/C18H19N3OS2/c1-11-10-16(13(3)24-11)12(2)20-17(22)14-4-6-15(7-5-14)21-9-8-19-18(21)23/h4-10,12H,1-3H3,(H,19,23)(H,20,22). The second kappa shape index (κ2) is 6.75. The lowest BCUT2D eigenvalue weighted by atomic mass is 10.1. The van der Waals surface area contributed by atoms with Crippen molar-refractivity contribution in [3.05, 3.63) is 68.4 Å². The van der Waals surface area contributed by atoms with Gasteiger partial charge in [-0.25, -0.2) is 0 Å². The molecule has 0 saturated heterocycles. The van der Waals surface area contributed by atoms with E-state index >= 15 is 0 Å². The van der Waals surface area contributed by atoms with Crippen LogP contribution in [0.2, 0.25) is 0 Å². The Morgan fingerprint density at radius 2 is 2.00 bits per heavy atom. The SMILES string of the molecule is Cc1cc(C(C)NC(=O)c2ccc(-n3cc[nH]c3=S)cc2)c(C)s1. The quantitative estimate of drug-likeness (QED) is 0.665. The van der Waals surface area contributed by atoms with Gasteiger partial charge < -0.3 is 10.3 Å². The molecule has 24 heavy (non-hydrogen) atoms. The van der Waals surface area contributed by atoms with E-state index in [1.807, 2.05) is 42.0 Å². The summed E-state index contributed by atoms with van der Waals surface area (Å²) >= 11 is 6.96. The molecule has 0 radical (unpaired) electrons. The fourth-order valence-corrected chi connectivity index (χ4v) is 3.99. The normalized spacial score (nSPS) is 12.1. The molecule has 2 N–H and O–H groups in total. The van der Waals surface area contributed by atoms with Crippen LogP contribution in [0.3, 0.4) is 0 Å². The Morgan fingerprint density at radius 1 is 1.29 bits per heavy atom. The van der Waals surface area contributed by atoms with Gasteiger partial charge in [0, 0.05) is 33.4 Å². The van der Waals surface area contributed by atoms with Crippen molar-refractivity contribution >= 4 is 29.5 Å². The predicted octanol–water partition coefficient (Wildman–Crippen LogP) is 4.70. The number of hydrogen-bond acceptors (Lipinski definition) is 3. The number of rotatable bonds is 4. The Balaban J connectivity index is 1.75. The number of benzene rings is 1. The Bertz CT molecular complexity index is 918. The maximum absolute atomic E-state index is 12.5. The first kappa shape index (κ1) is 16.7. The van der Waals surface area contributed by atoms with E-state index in [0.29, 0.717) is 10.3 Å². The number of nitrogens with zero attached hydrogens (tertiary/aromatic N) is 1. The van der Waals surface area contributed by atoms with Gasteiger partial charge in [-0.2, -0.15) is 0 Å². The lowest BCUT2D eigenvalue weighted by molar-refractivity contribution is 0.0940.